The van der Waals surface area contributed by atoms with Gasteiger partial charge in [0.15, 0.2) is 5.82 Å². The summed E-state index contributed by atoms with van der Waals surface area (Å²) in [6, 6.07) is 5.23. The number of hydrogen-bond donors (Lipinski definition) is 0. The summed E-state index contributed by atoms with van der Waals surface area (Å²) in [4.78, 5) is 33.3. The molecular weight excluding hydrogens is 429 g/mol. The van der Waals surface area contributed by atoms with Crippen LogP contribution in [0.3, 0.4) is 0 Å². The van der Waals surface area contributed by atoms with Crippen molar-refractivity contribution in [2.45, 2.75) is 32.4 Å². The van der Waals surface area contributed by atoms with Crippen LogP contribution in [0.2, 0.25) is 0 Å². The summed E-state index contributed by atoms with van der Waals surface area (Å²) in [6.45, 7) is 2.86. The summed E-state index contributed by atoms with van der Waals surface area (Å²) in [5.41, 5.74) is -0.771. The fraction of sp³-hybridized carbons (Fsp3) is 0.476. The van der Waals surface area contributed by atoms with Gasteiger partial charge in [-0.3, -0.25) is 4.79 Å². The maximum absolute atomic E-state index is 13.1. The lowest BCUT2D eigenvalue weighted by Gasteiger charge is -2.32. The number of alkyl halides is 3. The van der Waals surface area contributed by atoms with Crippen molar-refractivity contribution < 1.29 is 27.4 Å². The van der Waals surface area contributed by atoms with Gasteiger partial charge in [0.25, 0.3) is 0 Å². The van der Waals surface area contributed by atoms with E-state index in [0.29, 0.717) is 32.5 Å². The number of anilines is 1. The Morgan fingerprint density at radius 2 is 1.94 bits per heavy atom. The Morgan fingerprint density at radius 3 is 2.59 bits per heavy atom. The summed E-state index contributed by atoms with van der Waals surface area (Å²) < 4.78 is 50.0. The minimum absolute atomic E-state index is 0.0295. The first-order valence-electron chi connectivity index (χ1n) is 10.2. The van der Waals surface area contributed by atoms with Gasteiger partial charge in [-0.05, 0) is 36.6 Å². The molecule has 0 N–H and O–H groups in total. The summed E-state index contributed by atoms with van der Waals surface area (Å²) in [7, 11) is 0. The summed E-state index contributed by atoms with van der Waals surface area (Å²) >= 11 is 0. The molecule has 11 heteroatoms. The number of hydrogen-bond acceptors (Lipinski definition) is 8. The second kappa shape index (κ2) is 10.4. The minimum Gasteiger partial charge on any atom is -0.476 e. The number of halogens is 3. The van der Waals surface area contributed by atoms with Gasteiger partial charge in [-0.25, -0.2) is 4.98 Å². The van der Waals surface area contributed by atoms with Gasteiger partial charge >= 0.3 is 12.1 Å². The smallest absolute Gasteiger partial charge is 0.416 e. The van der Waals surface area contributed by atoms with Gasteiger partial charge in [0.2, 0.25) is 11.6 Å². The number of carbonyl (C=O) groups excluding carboxylic acids is 1. The first-order valence-corrected chi connectivity index (χ1v) is 10.2. The lowest BCUT2D eigenvalue weighted by atomic mass is 9.97. The van der Waals surface area contributed by atoms with Crippen LogP contribution in [0.5, 0.6) is 5.88 Å². The van der Waals surface area contributed by atoms with E-state index in [1.54, 1.807) is 11.8 Å². The van der Waals surface area contributed by atoms with Crippen LogP contribution in [0.4, 0.5) is 24.7 Å². The molecule has 0 unspecified atom stereocenters. The van der Waals surface area contributed by atoms with Crippen LogP contribution in [0.25, 0.3) is 0 Å². The van der Waals surface area contributed by atoms with Crippen LogP contribution in [0, 0.1) is 10.8 Å². The van der Waals surface area contributed by atoms with Crippen molar-refractivity contribution in [3.63, 3.8) is 0 Å². The van der Waals surface area contributed by atoms with E-state index in [-0.39, 0.29) is 47.9 Å². The summed E-state index contributed by atoms with van der Waals surface area (Å²) in [6.07, 6.45) is -2.22. The Hall–Kier alpha value is -3.24. The van der Waals surface area contributed by atoms with Gasteiger partial charge < -0.3 is 14.4 Å². The Morgan fingerprint density at radius 1 is 1.22 bits per heavy atom. The van der Waals surface area contributed by atoms with Crippen molar-refractivity contribution in [2.24, 2.45) is 11.1 Å². The number of rotatable bonds is 8. The van der Waals surface area contributed by atoms with Crippen LogP contribution >= 0.6 is 0 Å². The SMILES string of the molecule is CCOC(=O)C1CCN(c2ncnc(OCCc3ccccc3C(F)(F)F)c2N=O)CC1. The maximum Gasteiger partial charge on any atom is 0.416 e. The van der Waals surface area contributed by atoms with Gasteiger partial charge in [0.05, 0.1) is 24.7 Å². The molecule has 1 fully saturated rings. The molecule has 1 aromatic carbocycles. The zero-order chi connectivity index (χ0) is 23.1. The van der Waals surface area contributed by atoms with Crippen molar-refractivity contribution in [1.29, 1.82) is 0 Å². The first kappa shape index (κ1) is 23.4. The number of benzene rings is 1. The van der Waals surface area contributed by atoms with Gasteiger partial charge in [-0.2, -0.15) is 18.2 Å². The standard InChI is InChI=1S/C21H23F3N4O4/c1-2-31-20(29)15-7-10-28(11-8-15)18-17(27-30)19(26-13-25-18)32-12-9-14-5-3-4-6-16(14)21(22,23)24/h3-6,13,15H,2,7-12H2,1H3. The Balaban J connectivity index is 1.67. The number of carbonyl (C=O) groups is 1. The Bertz CT molecular complexity index is 947. The zero-order valence-electron chi connectivity index (χ0n) is 17.5. The first-order chi connectivity index (χ1) is 15.3. The molecule has 3 rings (SSSR count). The van der Waals surface area contributed by atoms with E-state index in [9.17, 15) is 22.9 Å². The number of esters is 1. The topological polar surface area (TPSA) is 94.0 Å². The molecule has 0 saturated carbocycles. The molecule has 0 bridgehead atoms. The van der Waals surface area contributed by atoms with Crippen molar-refractivity contribution in [1.82, 2.24) is 9.97 Å². The highest BCUT2D eigenvalue weighted by molar-refractivity contribution is 5.73. The molecule has 0 amide bonds. The van der Waals surface area contributed by atoms with E-state index in [0.717, 1.165) is 6.07 Å². The predicted octanol–water partition coefficient (Wildman–Crippen LogP) is 4.29. The fourth-order valence-electron chi connectivity index (χ4n) is 3.63. The van der Waals surface area contributed by atoms with E-state index < -0.39 is 11.7 Å². The second-order valence-electron chi connectivity index (χ2n) is 7.21. The van der Waals surface area contributed by atoms with E-state index >= 15 is 0 Å². The lowest BCUT2D eigenvalue weighted by molar-refractivity contribution is -0.148. The summed E-state index contributed by atoms with van der Waals surface area (Å²) in [5.74, 6) is -0.290. The van der Waals surface area contributed by atoms with Crippen molar-refractivity contribution in [2.75, 3.05) is 31.2 Å². The van der Waals surface area contributed by atoms with E-state index in [2.05, 4.69) is 15.1 Å². The monoisotopic (exact) mass is 452 g/mol. The number of aromatic nitrogens is 2. The predicted molar refractivity (Wildman–Crippen MR) is 110 cm³/mol. The molecule has 0 aliphatic carbocycles. The normalized spacial score (nSPS) is 14.8. The average molecular weight is 452 g/mol. The molecule has 32 heavy (non-hydrogen) atoms. The average Bonchev–Trinajstić information content (AvgIpc) is 2.79. The molecule has 1 aliphatic heterocycles. The molecule has 0 spiro atoms. The molecule has 2 heterocycles. The molecule has 8 nitrogen and oxygen atoms in total. The van der Waals surface area contributed by atoms with Crippen LogP contribution in [-0.2, 0) is 22.1 Å². The molecule has 1 saturated heterocycles. The molecule has 0 atom stereocenters. The zero-order valence-corrected chi connectivity index (χ0v) is 17.5. The number of nitroso groups, excluding NO2 is 1. The highest BCUT2D eigenvalue weighted by atomic mass is 19.4. The van der Waals surface area contributed by atoms with Crippen LogP contribution < -0.4 is 9.64 Å². The van der Waals surface area contributed by atoms with Crippen LogP contribution in [0.1, 0.15) is 30.9 Å². The Kier molecular flexibility index (Phi) is 7.60. The fourth-order valence-corrected chi connectivity index (χ4v) is 3.63. The quantitative estimate of drug-likeness (QED) is 0.436. The lowest BCUT2D eigenvalue weighted by Crippen LogP contribution is -2.37. The van der Waals surface area contributed by atoms with Crippen LogP contribution in [0.15, 0.2) is 35.8 Å². The maximum atomic E-state index is 13.1. The van der Waals surface area contributed by atoms with Crippen molar-refractivity contribution in [3.8, 4) is 5.88 Å². The van der Waals surface area contributed by atoms with Crippen molar-refractivity contribution in [3.05, 3.63) is 46.6 Å². The van der Waals surface area contributed by atoms with Crippen molar-refractivity contribution >= 4 is 17.5 Å². The molecule has 172 valence electrons. The third kappa shape index (κ3) is 5.51. The summed E-state index contributed by atoms with van der Waals surface area (Å²) in [5, 5.41) is 3.00. The number of piperidine rings is 1. The highest BCUT2D eigenvalue weighted by Crippen LogP contribution is 2.36. The van der Waals surface area contributed by atoms with Crippen LogP contribution in [-0.4, -0.2) is 42.2 Å². The number of ether oxygens (including phenoxy) is 2. The van der Waals surface area contributed by atoms with Gasteiger partial charge in [-0.1, -0.05) is 18.2 Å². The molecule has 0 radical (unpaired) electrons. The third-order valence-electron chi connectivity index (χ3n) is 5.21. The van der Waals surface area contributed by atoms with Gasteiger partial charge in [0, 0.05) is 19.5 Å². The molecular formula is C21H23F3N4O4. The van der Waals surface area contributed by atoms with E-state index in [1.165, 1.54) is 24.5 Å². The van der Waals surface area contributed by atoms with Gasteiger partial charge in [0.1, 0.15) is 6.33 Å². The largest absolute Gasteiger partial charge is 0.476 e. The van der Waals surface area contributed by atoms with E-state index in [4.69, 9.17) is 9.47 Å². The third-order valence-corrected chi connectivity index (χ3v) is 5.21. The molecule has 2 aromatic rings. The second-order valence-corrected chi connectivity index (χ2v) is 7.21. The highest BCUT2D eigenvalue weighted by Gasteiger charge is 2.33. The van der Waals surface area contributed by atoms with Gasteiger partial charge in [-0.15, -0.1) is 4.91 Å². The number of nitrogens with zero attached hydrogens (tertiary/aromatic N) is 4. The molecule has 1 aliphatic rings. The molecule has 1 aromatic heterocycles. The van der Waals surface area contributed by atoms with E-state index in [1.807, 2.05) is 0 Å². The Labute approximate surface area is 182 Å². The minimum atomic E-state index is -4.47.